The Morgan fingerprint density at radius 1 is 1.40 bits per heavy atom. The number of nitrogens with zero attached hydrogens (tertiary/aromatic N) is 2. The standard InChI is InChI=1S/C12H12N2O6/c15-9-6(12(18)19)4-13-5-7-14(2-1-3-20-7)11(17)8(13)10(9)16/h4,7,16H,1-3,5H2,(H,18,19)/t7-/m0/s1. The molecule has 0 aliphatic carbocycles. The van der Waals surface area contributed by atoms with Gasteiger partial charge >= 0.3 is 5.97 Å². The second-order valence-electron chi connectivity index (χ2n) is 4.70. The normalized spacial score (nSPS) is 21.3. The molecule has 1 fully saturated rings. The molecule has 0 spiro atoms. The fourth-order valence-electron chi connectivity index (χ4n) is 2.55. The summed E-state index contributed by atoms with van der Waals surface area (Å²) in [4.78, 5) is 36.4. The molecule has 0 unspecified atom stereocenters. The van der Waals surface area contributed by atoms with Crippen molar-refractivity contribution >= 4 is 11.9 Å². The monoisotopic (exact) mass is 280 g/mol. The molecule has 106 valence electrons. The van der Waals surface area contributed by atoms with Gasteiger partial charge in [-0.05, 0) is 6.42 Å². The maximum Gasteiger partial charge on any atom is 0.341 e. The number of pyridine rings is 1. The van der Waals surface area contributed by atoms with Gasteiger partial charge < -0.3 is 24.4 Å². The predicted octanol–water partition coefficient (Wildman–Crippen LogP) is -0.546. The first-order valence-corrected chi connectivity index (χ1v) is 6.13. The Kier molecular flexibility index (Phi) is 2.75. The van der Waals surface area contributed by atoms with Crippen molar-refractivity contribution in [3.8, 4) is 5.75 Å². The Morgan fingerprint density at radius 2 is 2.15 bits per heavy atom. The van der Waals surface area contributed by atoms with Crippen LogP contribution in [0.4, 0.5) is 0 Å². The highest BCUT2D eigenvalue weighted by Gasteiger charge is 2.37. The minimum absolute atomic E-state index is 0.179. The van der Waals surface area contributed by atoms with Crippen LogP contribution in [-0.2, 0) is 11.3 Å². The van der Waals surface area contributed by atoms with Crippen molar-refractivity contribution in [2.45, 2.75) is 19.2 Å². The van der Waals surface area contributed by atoms with Gasteiger partial charge in [-0.25, -0.2) is 4.79 Å². The van der Waals surface area contributed by atoms with Gasteiger partial charge in [-0.15, -0.1) is 0 Å². The highest BCUT2D eigenvalue weighted by atomic mass is 16.5. The van der Waals surface area contributed by atoms with Crippen molar-refractivity contribution in [1.82, 2.24) is 9.47 Å². The fraction of sp³-hybridized carbons (Fsp3) is 0.417. The lowest BCUT2D eigenvalue weighted by molar-refractivity contribution is -0.0920. The summed E-state index contributed by atoms with van der Waals surface area (Å²) >= 11 is 0. The molecular formula is C12H12N2O6. The van der Waals surface area contributed by atoms with E-state index >= 15 is 0 Å². The van der Waals surface area contributed by atoms with Crippen molar-refractivity contribution in [2.24, 2.45) is 0 Å². The van der Waals surface area contributed by atoms with Gasteiger partial charge in [0.25, 0.3) is 5.91 Å². The zero-order chi connectivity index (χ0) is 14.4. The molecule has 20 heavy (non-hydrogen) atoms. The second-order valence-corrected chi connectivity index (χ2v) is 4.70. The zero-order valence-corrected chi connectivity index (χ0v) is 10.4. The number of aromatic nitrogens is 1. The molecule has 8 heteroatoms. The molecule has 2 N–H and O–H groups in total. The Bertz CT molecular complexity index is 665. The topological polar surface area (TPSA) is 109 Å². The van der Waals surface area contributed by atoms with E-state index in [1.165, 1.54) is 9.47 Å². The number of carboxylic acids is 1. The molecule has 1 atom stereocenters. The van der Waals surface area contributed by atoms with Gasteiger partial charge in [0.1, 0.15) is 5.56 Å². The highest BCUT2D eigenvalue weighted by Crippen LogP contribution is 2.26. The number of carboxylic acid groups (broad SMARTS) is 1. The lowest BCUT2D eigenvalue weighted by atomic mass is 10.1. The molecule has 1 amide bonds. The number of fused-ring (bicyclic) bond motifs is 2. The largest absolute Gasteiger partial charge is 0.503 e. The molecule has 1 aromatic rings. The molecule has 3 heterocycles. The van der Waals surface area contributed by atoms with E-state index in [0.717, 1.165) is 6.20 Å². The van der Waals surface area contributed by atoms with Gasteiger partial charge in [0, 0.05) is 12.7 Å². The molecule has 2 aliphatic rings. The Labute approximate surface area is 112 Å². The summed E-state index contributed by atoms with van der Waals surface area (Å²) in [6, 6.07) is 0. The lowest BCUT2D eigenvalue weighted by Gasteiger charge is -2.40. The molecule has 0 aromatic carbocycles. The zero-order valence-electron chi connectivity index (χ0n) is 10.4. The summed E-state index contributed by atoms with van der Waals surface area (Å²) in [5, 5.41) is 18.8. The maximum atomic E-state index is 12.3. The third-order valence-electron chi connectivity index (χ3n) is 3.50. The smallest absolute Gasteiger partial charge is 0.341 e. The van der Waals surface area contributed by atoms with Crippen molar-refractivity contribution in [3.63, 3.8) is 0 Å². The first kappa shape index (κ1) is 12.7. The number of aromatic hydroxyl groups is 1. The first-order valence-electron chi connectivity index (χ1n) is 6.13. The van der Waals surface area contributed by atoms with E-state index in [4.69, 9.17) is 9.84 Å². The van der Waals surface area contributed by atoms with Gasteiger partial charge in [-0.3, -0.25) is 9.59 Å². The van der Waals surface area contributed by atoms with Crippen LogP contribution in [0.1, 0.15) is 27.3 Å². The molecular weight excluding hydrogens is 268 g/mol. The molecule has 0 radical (unpaired) electrons. The number of rotatable bonds is 1. The number of carbonyl (C=O) groups is 2. The molecule has 1 aromatic heterocycles. The SMILES string of the molecule is O=C(O)c1cn2c(c(O)c1=O)C(=O)N1CCCO[C@H]1C2. The van der Waals surface area contributed by atoms with Crippen LogP contribution in [0.3, 0.4) is 0 Å². The average Bonchev–Trinajstić information content (AvgIpc) is 2.42. The molecule has 0 saturated carbocycles. The Balaban J connectivity index is 2.18. The van der Waals surface area contributed by atoms with Crippen molar-refractivity contribution in [3.05, 3.63) is 27.7 Å². The molecule has 8 nitrogen and oxygen atoms in total. The van der Waals surface area contributed by atoms with E-state index in [9.17, 15) is 19.5 Å². The molecule has 3 rings (SSSR count). The lowest BCUT2D eigenvalue weighted by Crippen LogP contribution is -2.53. The van der Waals surface area contributed by atoms with E-state index < -0.39 is 34.8 Å². The van der Waals surface area contributed by atoms with Crippen LogP contribution in [-0.4, -0.2) is 50.9 Å². The first-order chi connectivity index (χ1) is 9.50. The van der Waals surface area contributed by atoms with Crippen LogP contribution in [0.5, 0.6) is 5.75 Å². The van der Waals surface area contributed by atoms with Crippen LogP contribution in [0, 0.1) is 0 Å². The summed E-state index contributed by atoms with van der Waals surface area (Å²) in [5.74, 6) is -2.79. The fourth-order valence-corrected chi connectivity index (χ4v) is 2.55. The molecule has 2 aliphatic heterocycles. The van der Waals surface area contributed by atoms with Crippen molar-refractivity contribution in [1.29, 1.82) is 0 Å². The highest BCUT2D eigenvalue weighted by molar-refractivity contribution is 5.97. The van der Waals surface area contributed by atoms with E-state index in [0.29, 0.717) is 19.6 Å². The van der Waals surface area contributed by atoms with Gasteiger partial charge in [-0.1, -0.05) is 0 Å². The van der Waals surface area contributed by atoms with Crippen LogP contribution < -0.4 is 5.43 Å². The van der Waals surface area contributed by atoms with Crippen LogP contribution >= 0.6 is 0 Å². The quantitative estimate of drug-likeness (QED) is 0.714. The number of amides is 1. The minimum Gasteiger partial charge on any atom is -0.503 e. The molecule has 0 bridgehead atoms. The number of hydrogen-bond acceptors (Lipinski definition) is 5. The molecule has 1 saturated heterocycles. The average molecular weight is 280 g/mol. The summed E-state index contributed by atoms with van der Waals surface area (Å²) < 4.78 is 6.73. The maximum absolute atomic E-state index is 12.3. The van der Waals surface area contributed by atoms with Gasteiger partial charge in [0.05, 0.1) is 13.2 Å². The summed E-state index contributed by atoms with van der Waals surface area (Å²) in [5.41, 5.74) is -1.79. The van der Waals surface area contributed by atoms with Gasteiger partial charge in [-0.2, -0.15) is 0 Å². The van der Waals surface area contributed by atoms with Crippen molar-refractivity contribution in [2.75, 3.05) is 13.2 Å². The second kappa shape index (κ2) is 4.34. The van der Waals surface area contributed by atoms with Gasteiger partial charge in [0.15, 0.2) is 17.7 Å². The Morgan fingerprint density at radius 3 is 2.85 bits per heavy atom. The Hall–Kier alpha value is -2.35. The summed E-state index contributed by atoms with van der Waals surface area (Å²) in [6.45, 7) is 1.19. The minimum atomic E-state index is -1.44. The van der Waals surface area contributed by atoms with E-state index in [2.05, 4.69) is 0 Å². The predicted molar refractivity (Wildman–Crippen MR) is 64.7 cm³/mol. The third-order valence-corrected chi connectivity index (χ3v) is 3.50. The van der Waals surface area contributed by atoms with Crippen molar-refractivity contribution < 1.29 is 24.5 Å². The van der Waals surface area contributed by atoms with Gasteiger partial charge in [0.2, 0.25) is 5.43 Å². The van der Waals surface area contributed by atoms with Crippen LogP contribution in [0.15, 0.2) is 11.0 Å². The number of aromatic carboxylic acids is 1. The third kappa shape index (κ3) is 1.68. The van der Waals surface area contributed by atoms with E-state index in [1.54, 1.807) is 0 Å². The van der Waals surface area contributed by atoms with Crippen LogP contribution in [0.2, 0.25) is 0 Å². The summed E-state index contributed by atoms with van der Waals surface area (Å²) in [6.07, 6.45) is 1.26. The summed E-state index contributed by atoms with van der Waals surface area (Å²) in [7, 11) is 0. The number of hydrogen-bond donors (Lipinski definition) is 2. The van der Waals surface area contributed by atoms with E-state index in [-0.39, 0.29) is 12.2 Å². The number of ether oxygens (including phenoxy) is 1. The van der Waals surface area contributed by atoms with E-state index in [1.807, 2.05) is 0 Å². The number of carbonyl (C=O) groups excluding carboxylic acids is 1. The van der Waals surface area contributed by atoms with Crippen LogP contribution in [0.25, 0.3) is 0 Å².